The fourth-order valence-electron chi connectivity index (χ4n) is 3.09. The molecule has 0 aliphatic rings. The fourth-order valence-corrected chi connectivity index (χ4v) is 3.09. The molecule has 1 atom stereocenters. The van der Waals surface area contributed by atoms with Crippen molar-refractivity contribution in [2.75, 3.05) is 0 Å². The van der Waals surface area contributed by atoms with Crippen LogP contribution in [0.3, 0.4) is 0 Å². The Hall–Kier alpha value is -2.78. The first kappa shape index (κ1) is 18.0. The number of nitrogens with zero attached hydrogens (tertiary/aromatic N) is 1. The summed E-state index contributed by atoms with van der Waals surface area (Å²) in [5.74, 6) is -0.273. The molecular weight excluding hydrogens is 325 g/mol. The number of carbonyl (C=O) groups is 1. The highest BCUT2D eigenvalue weighted by Crippen LogP contribution is 2.16. The van der Waals surface area contributed by atoms with Crippen LogP contribution in [-0.2, 0) is 24.3 Å². The summed E-state index contributed by atoms with van der Waals surface area (Å²) in [6.07, 6.45) is 1.46. The number of benzene rings is 3. The molecule has 0 aliphatic heterocycles. The van der Waals surface area contributed by atoms with Gasteiger partial charge in [-0.2, -0.15) is 0 Å². The van der Waals surface area contributed by atoms with E-state index in [0.717, 1.165) is 23.0 Å². The lowest BCUT2D eigenvalue weighted by molar-refractivity contribution is -0.112. The number of hydrogen-bond acceptors (Lipinski definition) is 2. The Balaban J connectivity index is 1.82. The van der Waals surface area contributed by atoms with Crippen LogP contribution < -0.4 is 0 Å². The third-order valence-corrected chi connectivity index (χ3v) is 4.42. The van der Waals surface area contributed by atoms with Gasteiger partial charge in [0, 0.05) is 13.1 Å². The van der Waals surface area contributed by atoms with Crippen LogP contribution in [0.5, 0.6) is 0 Å². The van der Waals surface area contributed by atoms with Crippen LogP contribution in [0.2, 0.25) is 0 Å². The first-order valence-corrected chi connectivity index (χ1v) is 8.76. The summed E-state index contributed by atoms with van der Waals surface area (Å²) in [6.45, 7) is 1.32. The first-order chi connectivity index (χ1) is 12.7. The van der Waals surface area contributed by atoms with Crippen LogP contribution in [0.1, 0.15) is 16.7 Å². The minimum atomic E-state index is -0.322. The molecule has 0 radical (unpaired) electrons. The summed E-state index contributed by atoms with van der Waals surface area (Å²) in [5.41, 5.74) is 3.12. The highest BCUT2D eigenvalue weighted by Gasteiger charge is 2.19. The van der Waals surface area contributed by atoms with E-state index in [1.54, 1.807) is 6.07 Å². The second-order valence-electron chi connectivity index (χ2n) is 6.41. The molecule has 0 aliphatic carbocycles. The predicted molar refractivity (Wildman–Crippen MR) is 102 cm³/mol. The molecule has 3 aromatic rings. The number of hydrogen-bond donors (Lipinski definition) is 0. The highest BCUT2D eigenvalue weighted by molar-refractivity contribution is 5.58. The van der Waals surface area contributed by atoms with Crippen molar-refractivity contribution in [1.29, 1.82) is 0 Å². The van der Waals surface area contributed by atoms with Crippen LogP contribution in [0.4, 0.5) is 4.39 Å². The van der Waals surface area contributed by atoms with Crippen molar-refractivity contribution in [3.8, 4) is 0 Å². The molecule has 3 heteroatoms. The van der Waals surface area contributed by atoms with Crippen LogP contribution in [0.15, 0.2) is 84.9 Å². The topological polar surface area (TPSA) is 20.3 Å². The second kappa shape index (κ2) is 9.07. The van der Waals surface area contributed by atoms with Gasteiger partial charge in [-0.05, 0) is 35.2 Å². The summed E-state index contributed by atoms with van der Waals surface area (Å²) in [6, 6.07) is 26.3. The Bertz CT molecular complexity index is 778. The van der Waals surface area contributed by atoms with Crippen LogP contribution in [0, 0.1) is 5.82 Å². The van der Waals surface area contributed by atoms with Crippen molar-refractivity contribution in [3.63, 3.8) is 0 Å². The van der Waals surface area contributed by atoms with Crippen molar-refractivity contribution in [2.45, 2.75) is 25.6 Å². The van der Waals surface area contributed by atoms with Crippen molar-refractivity contribution < 1.29 is 9.18 Å². The molecule has 0 saturated carbocycles. The SMILES string of the molecule is O=CC(Cc1cccc(F)c1)N(Cc1ccccc1)Cc1ccccc1. The zero-order valence-corrected chi connectivity index (χ0v) is 14.6. The third kappa shape index (κ3) is 5.11. The summed E-state index contributed by atoms with van der Waals surface area (Å²) < 4.78 is 13.5. The van der Waals surface area contributed by atoms with Gasteiger partial charge in [-0.15, -0.1) is 0 Å². The van der Waals surface area contributed by atoms with Gasteiger partial charge in [0.25, 0.3) is 0 Å². The molecule has 3 rings (SSSR count). The molecule has 0 fully saturated rings. The Morgan fingerprint density at radius 2 is 1.31 bits per heavy atom. The summed E-state index contributed by atoms with van der Waals surface area (Å²) in [4.78, 5) is 14.0. The van der Waals surface area contributed by atoms with E-state index in [9.17, 15) is 9.18 Å². The second-order valence-corrected chi connectivity index (χ2v) is 6.41. The monoisotopic (exact) mass is 347 g/mol. The average molecular weight is 347 g/mol. The maximum atomic E-state index is 13.5. The average Bonchev–Trinajstić information content (AvgIpc) is 2.67. The highest BCUT2D eigenvalue weighted by atomic mass is 19.1. The Morgan fingerprint density at radius 3 is 1.81 bits per heavy atom. The van der Waals surface area contributed by atoms with E-state index in [-0.39, 0.29) is 11.9 Å². The van der Waals surface area contributed by atoms with E-state index in [1.165, 1.54) is 12.1 Å². The lowest BCUT2D eigenvalue weighted by Gasteiger charge is -2.28. The van der Waals surface area contributed by atoms with Gasteiger partial charge in [-0.25, -0.2) is 4.39 Å². The molecule has 0 saturated heterocycles. The van der Waals surface area contributed by atoms with Crippen molar-refractivity contribution >= 4 is 6.29 Å². The van der Waals surface area contributed by atoms with Gasteiger partial charge >= 0.3 is 0 Å². The molecule has 0 spiro atoms. The lowest BCUT2D eigenvalue weighted by Crippen LogP contribution is -2.37. The molecule has 0 N–H and O–H groups in total. The van der Waals surface area contributed by atoms with Crippen molar-refractivity contribution in [1.82, 2.24) is 4.90 Å². The quantitative estimate of drug-likeness (QED) is 0.553. The Kier molecular flexibility index (Phi) is 6.29. The number of aldehydes is 1. The lowest BCUT2D eigenvalue weighted by atomic mass is 10.0. The molecule has 0 amide bonds. The molecule has 3 aromatic carbocycles. The van der Waals surface area contributed by atoms with E-state index >= 15 is 0 Å². The molecule has 1 unspecified atom stereocenters. The zero-order chi connectivity index (χ0) is 18.2. The minimum absolute atomic E-state index is 0.273. The summed E-state index contributed by atoms with van der Waals surface area (Å²) in [5, 5.41) is 0. The predicted octanol–water partition coefficient (Wildman–Crippen LogP) is 4.64. The molecular formula is C23H22FNO. The van der Waals surface area contributed by atoms with Gasteiger partial charge in [-0.3, -0.25) is 4.90 Å². The molecule has 0 bridgehead atoms. The molecule has 26 heavy (non-hydrogen) atoms. The van der Waals surface area contributed by atoms with E-state index in [4.69, 9.17) is 0 Å². The fraction of sp³-hybridized carbons (Fsp3) is 0.174. The van der Waals surface area contributed by atoms with E-state index < -0.39 is 0 Å². The van der Waals surface area contributed by atoms with Crippen LogP contribution in [0.25, 0.3) is 0 Å². The van der Waals surface area contributed by atoms with Crippen LogP contribution >= 0.6 is 0 Å². The number of halogens is 1. The molecule has 0 heterocycles. The third-order valence-electron chi connectivity index (χ3n) is 4.42. The van der Waals surface area contributed by atoms with E-state index in [0.29, 0.717) is 19.5 Å². The first-order valence-electron chi connectivity index (χ1n) is 8.76. The Morgan fingerprint density at radius 1 is 0.769 bits per heavy atom. The van der Waals surface area contributed by atoms with E-state index in [1.807, 2.05) is 42.5 Å². The molecule has 132 valence electrons. The number of rotatable bonds is 8. The van der Waals surface area contributed by atoms with Crippen molar-refractivity contribution in [2.24, 2.45) is 0 Å². The maximum absolute atomic E-state index is 13.5. The zero-order valence-electron chi connectivity index (χ0n) is 14.6. The van der Waals surface area contributed by atoms with E-state index in [2.05, 4.69) is 29.2 Å². The number of carbonyl (C=O) groups excluding carboxylic acids is 1. The van der Waals surface area contributed by atoms with Gasteiger partial charge < -0.3 is 4.79 Å². The normalized spacial score (nSPS) is 12.1. The van der Waals surface area contributed by atoms with Gasteiger partial charge in [0.15, 0.2) is 0 Å². The largest absolute Gasteiger partial charge is 0.302 e. The van der Waals surface area contributed by atoms with Gasteiger partial charge in [0.1, 0.15) is 12.1 Å². The Labute approximate surface area is 153 Å². The maximum Gasteiger partial charge on any atom is 0.137 e. The van der Waals surface area contributed by atoms with Gasteiger partial charge in [0.05, 0.1) is 6.04 Å². The molecule has 0 aromatic heterocycles. The standard InChI is InChI=1S/C23H22FNO/c24-22-13-7-12-21(14-22)15-23(18-26)25(16-19-8-3-1-4-9-19)17-20-10-5-2-6-11-20/h1-14,18,23H,15-17H2. The summed E-state index contributed by atoms with van der Waals surface area (Å²) >= 11 is 0. The van der Waals surface area contributed by atoms with Crippen molar-refractivity contribution in [3.05, 3.63) is 107 Å². The smallest absolute Gasteiger partial charge is 0.137 e. The minimum Gasteiger partial charge on any atom is -0.302 e. The van der Waals surface area contributed by atoms with Crippen LogP contribution in [-0.4, -0.2) is 17.2 Å². The van der Waals surface area contributed by atoms with Gasteiger partial charge in [0.2, 0.25) is 0 Å². The molecule has 2 nitrogen and oxygen atoms in total. The summed E-state index contributed by atoms with van der Waals surface area (Å²) in [7, 11) is 0. The van der Waals surface area contributed by atoms with Gasteiger partial charge in [-0.1, -0.05) is 72.8 Å².